The fourth-order valence-corrected chi connectivity index (χ4v) is 1.80. The molecular weight excluding hydrogens is 302 g/mol. The molecule has 2 heterocycles. The molecule has 98 valence electrons. The van der Waals surface area contributed by atoms with E-state index in [4.69, 9.17) is 13.9 Å². The van der Waals surface area contributed by atoms with Crippen LogP contribution in [0.2, 0.25) is 0 Å². The van der Waals surface area contributed by atoms with Crippen molar-refractivity contribution in [2.24, 2.45) is 0 Å². The van der Waals surface area contributed by atoms with Crippen LogP contribution in [0.3, 0.4) is 0 Å². The van der Waals surface area contributed by atoms with E-state index >= 15 is 0 Å². The van der Waals surface area contributed by atoms with Gasteiger partial charge in [0.1, 0.15) is 0 Å². The Morgan fingerprint density at radius 1 is 1.33 bits per heavy atom. The highest BCUT2D eigenvalue weighted by Gasteiger charge is 2.13. The Hall–Kier alpha value is -1.18. The highest BCUT2D eigenvalue weighted by atomic mass is 79.9. The summed E-state index contributed by atoms with van der Waals surface area (Å²) in [5.41, 5.74) is 0. The SMILES string of the molecule is CN(CCCO)Cc1nnc(-c2ccc(Br)o2)o1. The lowest BCUT2D eigenvalue weighted by molar-refractivity contribution is 0.233. The molecule has 0 saturated carbocycles. The van der Waals surface area contributed by atoms with Gasteiger partial charge in [0.2, 0.25) is 5.89 Å². The standard InChI is InChI=1S/C11H14BrN3O3/c1-15(5-2-6-16)7-10-13-14-11(18-10)8-3-4-9(12)17-8/h3-4,16H,2,5-7H2,1H3. The number of aliphatic hydroxyl groups excluding tert-OH is 1. The van der Waals surface area contributed by atoms with E-state index in [1.807, 2.05) is 11.9 Å². The van der Waals surface area contributed by atoms with E-state index in [2.05, 4.69) is 26.1 Å². The average Bonchev–Trinajstić information content (AvgIpc) is 2.95. The summed E-state index contributed by atoms with van der Waals surface area (Å²) in [6.07, 6.45) is 0.725. The molecule has 2 aromatic rings. The molecule has 6 nitrogen and oxygen atoms in total. The van der Waals surface area contributed by atoms with Gasteiger partial charge in [-0.1, -0.05) is 0 Å². The summed E-state index contributed by atoms with van der Waals surface area (Å²) >= 11 is 3.22. The number of aliphatic hydroxyl groups is 1. The van der Waals surface area contributed by atoms with Crippen molar-refractivity contribution in [1.29, 1.82) is 0 Å². The van der Waals surface area contributed by atoms with Gasteiger partial charge in [-0.2, -0.15) is 0 Å². The summed E-state index contributed by atoms with van der Waals surface area (Å²) < 4.78 is 11.4. The summed E-state index contributed by atoms with van der Waals surface area (Å²) in [5.74, 6) is 1.43. The first-order chi connectivity index (χ1) is 8.69. The van der Waals surface area contributed by atoms with Crippen molar-refractivity contribution in [3.05, 3.63) is 22.7 Å². The number of hydrogen-bond donors (Lipinski definition) is 1. The van der Waals surface area contributed by atoms with Crippen molar-refractivity contribution < 1.29 is 13.9 Å². The lowest BCUT2D eigenvalue weighted by atomic mass is 10.4. The number of rotatable bonds is 6. The fourth-order valence-electron chi connectivity index (χ4n) is 1.50. The molecule has 0 aliphatic rings. The zero-order chi connectivity index (χ0) is 13.0. The van der Waals surface area contributed by atoms with Crippen LogP contribution in [0.15, 0.2) is 25.6 Å². The number of nitrogens with zero attached hydrogens (tertiary/aromatic N) is 3. The lowest BCUT2D eigenvalue weighted by Gasteiger charge is -2.12. The molecule has 0 aliphatic heterocycles. The van der Waals surface area contributed by atoms with E-state index in [0.29, 0.717) is 28.8 Å². The maximum atomic E-state index is 8.74. The molecule has 0 atom stereocenters. The highest BCUT2D eigenvalue weighted by Crippen LogP contribution is 2.23. The minimum Gasteiger partial charge on any atom is -0.444 e. The topological polar surface area (TPSA) is 75.5 Å². The molecular formula is C11H14BrN3O3. The van der Waals surface area contributed by atoms with Gasteiger partial charge in [0.05, 0.1) is 6.54 Å². The molecule has 7 heteroatoms. The Morgan fingerprint density at radius 3 is 2.83 bits per heavy atom. The second-order valence-electron chi connectivity index (χ2n) is 3.92. The van der Waals surface area contributed by atoms with Gasteiger partial charge in [0.25, 0.3) is 5.89 Å². The van der Waals surface area contributed by atoms with Crippen molar-refractivity contribution in [3.63, 3.8) is 0 Å². The second kappa shape index (κ2) is 6.12. The Balaban J connectivity index is 1.98. The van der Waals surface area contributed by atoms with E-state index in [9.17, 15) is 0 Å². The largest absolute Gasteiger partial charge is 0.444 e. The maximum absolute atomic E-state index is 8.74. The van der Waals surface area contributed by atoms with E-state index in [0.717, 1.165) is 13.0 Å². The van der Waals surface area contributed by atoms with Crippen LogP contribution >= 0.6 is 15.9 Å². The number of aromatic nitrogens is 2. The molecule has 18 heavy (non-hydrogen) atoms. The first-order valence-corrected chi connectivity index (χ1v) is 6.36. The summed E-state index contributed by atoms with van der Waals surface area (Å²) in [5, 5.41) is 16.6. The van der Waals surface area contributed by atoms with E-state index in [1.165, 1.54) is 0 Å². The zero-order valence-corrected chi connectivity index (χ0v) is 11.6. The first kappa shape index (κ1) is 13.3. The van der Waals surface area contributed by atoms with Gasteiger partial charge in [-0.15, -0.1) is 10.2 Å². The van der Waals surface area contributed by atoms with Crippen molar-refractivity contribution in [3.8, 4) is 11.7 Å². The zero-order valence-electron chi connectivity index (χ0n) is 9.97. The molecule has 0 bridgehead atoms. The minimum absolute atomic E-state index is 0.180. The van der Waals surface area contributed by atoms with Crippen LogP contribution in [0.25, 0.3) is 11.7 Å². The van der Waals surface area contributed by atoms with Crippen molar-refractivity contribution in [2.75, 3.05) is 20.2 Å². The van der Waals surface area contributed by atoms with E-state index < -0.39 is 0 Å². The van der Waals surface area contributed by atoms with Crippen LogP contribution in [-0.2, 0) is 6.54 Å². The fraction of sp³-hybridized carbons (Fsp3) is 0.455. The number of halogens is 1. The second-order valence-corrected chi connectivity index (χ2v) is 4.70. The normalized spacial score (nSPS) is 11.3. The van der Waals surface area contributed by atoms with Gasteiger partial charge >= 0.3 is 0 Å². The van der Waals surface area contributed by atoms with Gasteiger partial charge in [0.15, 0.2) is 10.4 Å². The van der Waals surface area contributed by atoms with Crippen molar-refractivity contribution >= 4 is 15.9 Å². The molecule has 1 N–H and O–H groups in total. The highest BCUT2D eigenvalue weighted by molar-refractivity contribution is 9.10. The maximum Gasteiger partial charge on any atom is 0.283 e. The first-order valence-electron chi connectivity index (χ1n) is 5.56. The molecule has 2 aromatic heterocycles. The number of hydrogen-bond acceptors (Lipinski definition) is 6. The number of furan rings is 1. The van der Waals surface area contributed by atoms with Crippen molar-refractivity contribution in [1.82, 2.24) is 15.1 Å². The molecule has 0 unspecified atom stereocenters. The van der Waals surface area contributed by atoms with E-state index in [1.54, 1.807) is 12.1 Å². The molecule has 0 aromatic carbocycles. The Labute approximate surface area is 113 Å². The third-order valence-electron chi connectivity index (χ3n) is 2.35. The quantitative estimate of drug-likeness (QED) is 0.877. The molecule has 0 amide bonds. The summed E-state index contributed by atoms with van der Waals surface area (Å²) in [6.45, 7) is 1.51. The van der Waals surface area contributed by atoms with Crippen LogP contribution in [0.5, 0.6) is 0 Å². The molecule has 0 radical (unpaired) electrons. The van der Waals surface area contributed by atoms with Crippen LogP contribution in [0.4, 0.5) is 0 Å². The molecule has 0 aliphatic carbocycles. The van der Waals surface area contributed by atoms with Gasteiger partial charge in [-0.25, -0.2) is 0 Å². The predicted octanol–water partition coefficient (Wildman–Crippen LogP) is 1.91. The van der Waals surface area contributed by atoms with Gasteiger partial charge in [0, 0.05) is 13.2 Å². The summed E-state index contributed by atoms with van der Waals surface area (Å²) in [4.78, 5) is 2.01. The summed E-state index contributed by atoms with van der Waals surface area (Å²) in [7, 11) is 1.93. The third-order valence-corrected chi connectivity index (χ3v) is 2.78. The third kappa shape index (κ3) is 3.41. The Bertz CT molecular complexity index is 497. The Kier molecular flexibility index (Phi) is 4.51. The smallest absolute Gasteiger partial charge is 0.283 e. The molecule has 0 fully saturated rings. The van der Waals surface area contributed by atoms with Crippen LogP contribution in [0.1, 0.15) is 12.3 Å². The van der Waals surface area contributed by atoms with Gasteiger partial charge in [-0.3, -0.25) is 4.90 Å². The molecule has 0 spiro atoms. The van der Waals surface area contributed by atoms with Crippen molar-refractivity contribution in [2.45, 2.75) is 13.0 Å². The summed E-state index contributed by atoms with van der Waals surface area (Å²) in [6, 6.07) is 3.53. The van der Waals surface area contributed by atoms with Gasteiger partial charge < -0.3 is 13.9 Å². The van der Waals surface area contributed by atoms with Crippen LogP contribution in [0, 0.1) is 0 Å². The average molecular weight is 316 g/mol. The predicted molar refractivity (Wildman–Crippen MR) is 67.7 cm³/mol. The van der Waals surface area contributed by atoms with Gasteiger partial charge in [-0.05, 0) is 41.5 Å². The van der Waals surface area contributed by atoms with Crippen LogP contribution < -0.4 is 0 Å². The van der Waals surface area contributed by atoms with Crippen LogP contribution in [-0.4, -0.2) is 40.4 Å². The molecule has 0 saturated heterocycles. The van der Waals surface area contributed by atoms with E-state index in [-0.39, 0.29) is 6.61 Å². The molecule has 2 rings (SSSR count). The Morgan fingerprint density at radius 2 is 2.17 bits per heavy atom. The monoisotopic (exact) mass is 315 g/mol. The minimum atomic E-state index is 0.180. The lowest BCUT2D eigenvalue weighted by Crippen LogP contribution is -2.20.